The van der Waals surface area contributed by atoms with E-state index in [1.807, 2.05) is 49.4 Å². The summed E-state index contributed by atoms with van der Waals surface area (Å²) < 4.78 is 0.920. The van der Waals surface area contributed by atoms with E-state index in [2.05, 4.69) is 31.5 Å². The second-order valence-electron chi connectivity index (χ2n) is 4.09. The van der Waals surface area contributed by atoms with Crippen LogP contribution in [0.4, 0.5) is 10.5 Å². The Hall–Kier alpha value is -1.88. The molecule has 0 spiro atoms. The number of benzene rings is 1. The van der Waals surface area contributed by atoms with Crippen LogP contribution in [0.2, 0.25) is 0 Å². The number of nitrogens with zero attached hydrogens (tertiary/aromatic N) is 1. The van der Waals surface area contributed by atoms with Gasteiger partial charge in [0.25, 0.3) is 0 Å². The molecule has 2 N–H and O–H groups in total. The first kappa shape index (κ1) is 13.5. The average molecular weight is 320 g/mol. The molecule has 19 heavy (non-hydrogen) atoms. The van der Waals surface area contributed by atoms with E-state index in [0.29, 0.717) is 0 Å². The van der Waals surface area contributed by atoms with E-state index in [-0.39, 0.29) is 12.1 Å². The number of aromatic nitrogens is 1. The fourth-order valence-electron chi connectivity index (χ4n) is 1.64. The Balaban J connectivity index is 1.95. The molecule has 0 saturated carbocycles. The van der Waals surface area contributed by atoms with Gasteiger partial charge in [0.2, 0.25) is 0 Å². The number of halogens is 1. The topological polar surface area (TPSA) is 54.0 Å². The van der Waals surface area contributed by atoms with Gasteiger partial charge in [0.15, 0.2) is 0 Å². The molecule has 2 amide bonds. The zero-order chi connectivity index (χ0) is 13.7. The van der Waals surface area contributed by atoms with Crippen LogP contribution in [0, 0.1) is 0 Å². The Morgan fingerprint density at radius 3 is 2.79 bits per heavy atom. The Bertz CT molecular complexity index is 560. The van der Waals surface area contributed by atoms with Crippen LogP contribution in [0.15, 0.2) is 53.1 Å². The van der Waals surface area contributed by atoms with Crippen molar-refractivity contribution >= 4 is 27.6 Å². The third-order valence-electron chi connectivity index (χ3n) is 2.56. The summed E-state index contributed by atoms with van der Waals surface area (Å²) in [6, 6.07) is 12.7. The first-order valence-corrected chi connectivity index (χ1v) is 6.68. The Morgan fingerprint density at radius 1 is 1.26 bits per heavy atom. The maximum absolute atomic E-state index is 11.8. The van der Waals surface area contributed by atoms with Gasteiger partial charge < -0.3 is 10.6 Å². The van der Waals surface area contributed by atoms with E-state index < -0.39 is 0 Å². The van der Waals surface area contributed by atoms with Gasteiger partial charge in [-0.2, -0.15) is 0 Å². The number of urea groups is 1. The fourth-order valence-corrected chi connectivity index (χ4v) is 2.04. The molecule has 1 aromatic heterocycles. The lowest BCUT2D eigenvalue weighted by Crippen LogP contribution is -2.31. The highest BCUT2D eigenvalue weighted by Gasteiger charge is 2.10. The smallest absolute Gasteiger partial charge is 0.319 e. The quantitative estimate of drug-likeness (QED) is 0.905. The number of carbonyl (C=O) groups excluding carboxylic acids is 1. The van der Waals surface area contributed by atoms with Crippen LogP contribution in [0.3, 0.4) is 0 Å². The monoisotopic (exact) mass is 319 g/mol. The summed E-state index contributed by atoms with van der Waals surface area (Å²) in [5.41, 5.74) is 1.56. The van der Waals surface area contributed by atoms with Crippen LogP contribution in [0.25, 0.3) is 0 Å². The summed E-state index contributed by atoms with van der Waals surface area (Å²) in [6.07, 6.45) is 1.71. The van der Waals surface area contributed by atoms with Crippen molar-refractivity contribution in [3.05, 3.63) is 58.8 Å². The molecule has 5 heteroatoms. The number of rotatable bonds is 3. The van der Waals surface area contributed by atoms with E-state index in [1.54, 1.807) is 6.20 Å². The average Bonchev–Trinajstić information content (AvgIpc) is 2.39. The summed E-state index contributed by atoms with van der Waals surface area (Å²) in [4.78, 5) is 16.0. The standard InChI is InChI=1S/C14H14BrN3O/c1-10(13-7-2-3-8-16-13)17-14(19)18-12-6-4-5-11(15)9-12/h2-10H,1H3,(H2,17,18,19)/t10-/m1/s1. The van der Waals surface area contributed by atoms with Crippen LogP contribution in [-0.2, 0) is 0 Å². The highest BCUT2D eigenvalue weighted by molar-refractivity contribution is 9.10. The third-order valence-corrected chi connectivity index (χ3v) is 3.05. The second kappa shape index (κ2) is 6.33. The highest BCUT2D eigenvalue weighted by Crippen LogP contribution is 2.16. The van der Waals surface area contributed by atoms with E-state index in [1.165, 1.54) is 0 Å². The lowest BCUT2D eigenvalue weighted by atomic mass is 10.2. The fraction of sp³-hybridized carbons (Fsp3) is 0.143. The number of hydrogen-bond acceptors (Lipinski definition) is 2. The molecule has 1 atom stereocenters. The molecular weight excluding hydrogens is 306 g/mol. The Kier molecular flexibility index (Phi) is 4.52. The predicted molar refractivity (Wildman–Crippen MR) is 78.9 cm³/mol. The summed E-state index contributed by atoms with van der Waals surface area (Å²) in [7, 11) is 0. The number of nitrogens with one attached hydrogen (secondary N) is 2. The number of carbonyl (C=O) groups is 1. The largest absolute Gasteiger partial charge is 0.330 e. The van der Waals surface area contributed by atoms with Gasteiger partial charge in [-0.05, 0) is 37.3 Å². The van der Waals surface area contributed by atoms with Crippen LogP contribution in [0.5, 0.6) is 0 Å². The number of amides is 2. The molecule has 0 aliphatic carbocycles. The SMILES string of the molecule is C[C@@H](NC(=O)Nc1cccc(Br)c1)c1ccccn1. The third kappa shape index (κ3) is 4.06. The van der Waals surface area contributed by atoms with E-state index >= 15 is 0 Å². The van der Waals surface area contributed by atoms with Crippen molar-refractivity contribution < 1.29 is 4.79 Å². The van der Waals surface area contributed by atoms with Gasteiger partial charge in [-0.25, -0.2) is 4.79 Å². The Labute approximate surface area is 120 Å². The molecule has 0 bridgehead atoms. The minimum Gasteiger partial charge on any atom is -0.330 e. The van der Waals surface area contributed by atoms with Crippen molar-refractivity contribution in [3.8, 4) is 0 Å². The minimum absolute atomic E-state index is 0.145. The van der Waals surface area contributed by atoms with Crippen molar-refractivity contribution in [3.63, 3.8) is 0 Å². The van der Waals surface area contributed by atoms with Crippen molar-refractivity contribution in [2.75, 3.05) is 5.32 Å². The summed E-state index contributed by atoms with van der Waals surface area (Å²) >= 11 is 3.36. The molecule has 0 radical (unpaired) electrons. The minimum atomic E-state index is -0.253. The molecule has 2 aromatic rings. The molecule has 0 aliphatic rings. The number of anilines is 1. The van der Waals surface area contributed by atoms with Crippen LogP contribution in [0.1, 0.15) is 18.7 Å². The summed E-state index contributed by atoms with van der Waals surface area (Å²) in [5.74, 6) is 0. The molecule has 0 aliphatic heterocycles. The van der Waals surface area contributed by atoms with E-state index in [4.69, 9.17) is 0 Å². The van der Waals surface area contributed by atoms with Crippen molar-refractivity contribution in [2.45, 2.75) is 13.0 Å². The zero-order valence-corrected chi connectivity index (χ0v) is 12.0. The predicted octanol–water partition coefficient (Wildman–Crippen LogP) is 3.73. The van der Waals surface area contributed by atoms with Crippen LogP contribution in [-0.4, -0.2) is 11.0 Å². The summed E-state index contributed by atoms with van der Waals surface area (Å²) in [6.45, 7) is 1.89. The summed E-state index contributed by atoms with van der Waals surface area (Å²) in [5, 5.41) is 5.61. The normalized spacial score (nSPS) is 11.7. The highest BCUT2D eigenvalue weighted by atomic mass is 79.9. The van der Waals surface area contributed by atoms with Gasteiger partial charge in [-0.1, -0.05) is 28.1 Å². The molecular formula is C14H14BrN3O. The van der Waals surface area contributed by atoms with Gasteiger partial charge in [-0.3, -0.25) is 4.98 Å². The Morgan fingerprint density at radius 2 is 2.11 bits per heavy atom. The molecule has 0 saturated heterocycles. The lowest BCUT2D eigenvalue weighted by Gasteiger charge is -2.14. The first-order valence-electron chi connectivity index (χ1n) is 5.89. The van der Waals surface area contributed by atoms with Gasteiger partial charge in [0.1, 0.15) is 0 Å². The zero-order valence-electron chi connectivity index (χ0n) is 10.4. The molecule has 1 heterocycles. The molecule has 1 aromatic carbocycles. The van der Waals surface area contributed by atoms with Crippen molar-refractivity contribution in [1.29, 1.82) is 0 Å². The maximum atomic E-state index is 11.8. The lowest BCUT2D eigenvalue weighted by molar-refractivity contribution is 0.249. The molecule has 0 unspecified atom stereocenters. The van der Waals surface area contributed by atoms with Crippen LogP contribution >= 0.6 is 15.9 Å². The molecule has 98 valence electrons. The maximum Gasteiger partial charge on any atom is 0.319 e. The first-order chi connectivity index (χ1) is 9.15. The van der Waals surface area contributed by atoms with Crippen LogP contribution < -0.4 is 10.6 Å². The van der Waals surface area contributed by atoms with Crippen molar-refractivity contribution in [1.82, 2.24) is 10.3 Å². The second-order valence-corrected chi connectivity index (χ2v) is 5.00. The van der Waals surface area contributed by atoms with Gasteiger partial charge in [-0.15, -0.1) is 0 Å². The van der Waals surface area contributed by atoms with Gasteiger partial charge >= 0.3 is 6.03 Å². The number of hydrogen-bond donors (Lipinski definition) is 2. The van der Waals surface area contributed by atoms with Crippen molar-refractivity contribution in [2.24, 2.45) is 0 Å². The van der Waals surface area contributed by atoms with E-state index in [0.717, 1.165) is 15.9 Å². The van der Waals surface area contributed by atoms with Gasteiger partial charge in [0.05, 0.1) is 11.7 Å². The number of pyridine rings is 1. The molecule has 2 rings (SSSR count). The molecule has 0 fully saturated rings. The van der Waals surface area contributed by atoms with Gasteiger partial charge in [0, 0.05) is 16.4 Å². The molecule has 4 nitrogen and oxygen atoms in total. The van der Waals surface area contributed by atoms with E-state index in [9.17, 15) is 4.79 Å².